The van der Waals surface area contributed by atoms with Crippen LogP contribution in [0, 0.1) is 0 Å². The molecule has 0 aliphatic heterocycles. The summed E-state index contributed by atoms with van der Waals surface area (Å²) in [5.74, 6) is 1.58. The largest absolute Gasteiger partial charge is 0.456 e. The first kappa shape index (κ1) is 37.4. The molecular formula is C62H38N4O2. The smallest absolute Gasteiger partial charge is 0.238 e. The fraction of sp³-hybridized carbons (Fsp3) is 0.0484. The molecule has 6 nitrogen and oxygen atoms in total. The van der Waals surface area contributed by atoms with Crippen LogP contribution in [-0.4, -0.2) is 19.5 Å². The normalized spacial score (nSPS) is 13.3. The summed E-state index contributed by atoms with van der Waals surface area (Å²) in [6.45, 7) is 4.72. The van der Waals surface area contributed by atoms with Crippen LogP contribution < -0.4 is 0 Å². The summed E-state index contributed by atoms with van der Waals surface area (Å²) in [6.07, 6.45) is 0. The van der Waals surface area contributed by atoms with Gasteiger partial charge in [0, 0.05) is 59.8 Å². The number of para-hydroxylation sites is 3. The zero-order chi connectivity index (χ0) is 44.8. The monoisotopic (exact) mass is 870 g/mol. The predicted octanol–water partition coefficient (Wildman–Crippen LogP) is 16.4. The Morgan fingerprint density at radius 1 is 0.368 bits per heavy atom. The van der Waals surface area contributed by atoms with Gasteiger partial charge in [0.2, 0.25) is 5.95 Å². The van der Waals surface area contributed by atoms with Gasteiger partial charge in [-0.3, -0.25) is 4.57 Å². The van der Waals surface area contributed by atoms with Crippen molar-refractivity contribution in [1.29, 1.82) is 0 Å². The first-order chi connectivity index (χ1) is 33.5. The predicted molar refractivity (Wildman–Crippen MR) is 278 cm³/mol. The molecule has 0 saturated heterocycles. The molecule has 0 atom stereocenters. The van der Waals surface area contributed by atoms with Crippen LogP contribution in [0.4, 0.5) is 0 Å². The third kappa shape index (κ3) is 5.09. The van der Waals surface area contributed by atoms with E-state index < -0.39 is 0 Å². The molecule has 14 aromatic rings. The maximum absolute atomic E-state index is 6.47. The summed E-state index contributed by atoms with van der Waals surface area (Å²) in [6, 6.07) is 68.9. The fourth-order valence-electron chi connectivity index (χ4n) is 11.7. The van der Waals surface area contributed by atoms with Crippen LogP contribution in [0.25, 0.3) is 138 Å². The SMILES string of the molecule is CC1(C)c2ccccc2-c2cccc(-c3cccc4c5c6ccccc6c6ccccc6c5n(-c5nc(-c6ccc7c(c6)oc6ccccc67)nc(-c6ccc7c(c6)oc6ccccc67)n5)c34)c21. The third-order valence-corrected chi connectivity index (χ3v) is 14.6. The van der Waals surface area contributed by atoms with Gasteiger partial charge < -0.3 is 8.83 Å². The third-order valence-electron chi connectivity index (χ3n) is 14.6. The molecule has 0 spiro atoms. The van der Waals surface area contributed by atoms with Crippen LogP contribution in [-0.2, 0) is 5.41 Å². The van der Waals surface area contributed by atoms with Crippen molar-refractivity contribution in [2.24, 2.45) is 0 Å². The highest BCUT2D eigenvalue weighted by molar-refractivity contribution is 6.33. The molecule has 4 heterocycles. The van der Waals surface area contributed by atoms with Crippen molar-refractivity contribution >= 4 is 87.2 Å². The molecule has 4 aromatic heterocycles. The number of fused-ring (bicyclic) bond motifs is 17. The number of nitrogens with zero attached hydrogens (tertiary/aromatic N) is 4. The standard InChI is InChI=1S/C62H38N4O2/c1-62(2)50-26-10-7-17-39(50)45-22-13-23-46(56(45)62)48-24-14-25-49-55-44-20-5-3-15-37(44)38-16-4-6-21-47(38)58(55)66(57(48)49)61-64-59(35-29-31-42-40-18-8-11-27-51(40)67-53(42)33-35)63-60(65-61)36-30-32-43-41-19-9-12-28-52(41)68-54(43)34-36/h3-34H,1-2H3. The zero-order valence-electron chi connectivity index (χ0n) is 37.1. The van der Waals surface area contributed by atoms with Crippen molar-refractivity contribution in [1.82, 2.24) is 19.5 Å². The molecule has 68 heavy (non-hydrogen) atoms. The number of hydrogen-bond acceptors (Lipinski definition) is 5. The quantitative estimate of drug-likeness (QED) is 0.165. The van der Waals surface area contributed by atoms with E-state index in [0.29, 0.717) is 17.6 Å². The van der Waals surface area contributed by atoms with Gasteiger partial charge in [0.05, 0.1) is 11.0 Å². The molecule has 0 unspecified atom stereocenters. The number of rotatable bonds is 4. The van der Waals surface area contributed by atoms with E-state index in [0.717, 1.165) is 87.8 Å². The molecule has 0 saturated carbocycles. The van der Waals surface area contributed by atoms with Crippen molar-refractivity contribution in [3.05, 3.63) is 205 Å². The Morgan fingerprint density at radius 2 is 0.838 bits per heavy atom. The van der Waals surface area contributed by atoms with Crippen LogP contribution >= 0.6 is 0 Å². The van der Waals surface area contributed by atoms with Gasteiger partial charge in [-0.25, -0.2) is 4.98 Å². The summed E-state index contributed by atoms with van der Waals surface area (Å²) >= 11 is 0. The number of furan rings is 2. The lowest BCUT2D eigenvalue weighted by molar-refractivity contribution is 0.662. The van der Waals surface area contributed by atoms with Gasteiger partial charge in [0.1, 0.15) is 22.3 Å². The minimum absolute atomic E-state index is 0.251. The van der Waals surface area contributed by atoms with E-state index in [2.05, 4.69) is 176 Å². The van der Waals surface area contributed by atoms with Gasteiger partial charge >= 0.3 is 0 Å². The first-order valence-electron chi connectivity index (χ1n) is 23.2. The minimum Gasteiger partial charge on any atom is -0.456 e. The number of hydrogen-bond donors (Lipinski definition) is 0. The molecule has 6 heteroatoms. The van der Waals surface area contributed by atoms with Gasteiger partial charge in [-0.15, -0.1) is 0 Å². The van der Waals surface area contributed by atoms with Crippen molar-refractivity contribution in [3.63, 3.8) is 0 Å². The molecule has 0 amide bonds. The maximum Gasteiger partial charge on any atom is 0.238 e. The van der Waals surface area contributed by atoms with E-state index in [1.807, 2.05) is 36.4 Å². The summed E-state index contributed by atoms with van der Waals surface area (Å²) in [5.41, 5.74) is 14.2. The Hall–Kier alpha value is -8.87. The molecule has 318 valence electrons. The zero-order valence-corrected chi connectivity index (χ0v) is 37.1. The minimum atomic E-state index is -0.251. The van der Waals surface area contributed by atoms with Gasteiger partial charge in [-0.1, -0.05) is 172 Å². The van der Waals surface area contributed by atoms with Crippen molar-refractivity contribution in [3.8, 4) is 51.0 Å². The second kappa shape index (κ2) is 13.6. The van der Waals surface area contributed by atoms with Crippen molar-refractivity contribution < 1.29 is 8.83 Å². The van der Waals surface area contributed by atoms with Crippen molar-refractivity contribution in [2.75, 3.05) is 0 Å². The number of aromatic nitrogens is 4. The Kier molecular flexibility index (Phi) is 7.47. The van der Waals surface area contributed by atoms with Gasteiger partial charge in [-0.05, 0) is 80.4 Å². The molecule has 10 aromatic carbocycles. The fourth-order valence-corrected chi connectivity index (χ4v) is 11.7. The summed E-state index contributed by atoms with van der Waals surface area (Å²) in [4.78, 5) is 16.4. The van der Waals surface area contributed by atoms with Crippen LogP contribution in [0.15, 0.2) is 203 Å². The molecule has 0 radical (unpaired) electrons. The van der Waals surface area contributed by atoms with E-state index >= 15 is 0 Å². The van der Waals surface area contributed by atoms with Crippen molar-refractivity contribution in [2.45, 2.75) is 19.3 Å². The summed E-state index contributed by atoms with van der Waals surface area (Å²) in [5, 5.41) is 11.2. The highest BCUT2D eigenvalue weighted by Crippen LogP contribution is 2.54. The second-order valence-electron chi connectivity index (χ2n) is 18.7. The van der Waals surface area contributed by atoms with Gasteiger partial charge in [-0.2, -0.15) is 9.97 Å². The first-order valence-corrected chi connectivity index (χ1v) is 23.2. The van der Waals surface area contributed by atoms with E-state index in [-0.39, 0.29) is 5.41 Å². The average Bonchev–Trinajstić information content (AvgIpc) is 4.13. The lowest BCUT2D eigenvalue weighted by Crippen LogP contribution is -2.16. The van der Waals surface area contributed by atoms with Crippen LogP contribution in [0.2, 0.25) is 0 Å². The van der Waals surface area contributed by atoms with E-state index in [4.69, 9.17) is 23.8 Å². The molecule has 0 N–H and O–H groups in total. The molecule has 15 rings (SSSR count). The van der Waals surface area contributed by atoms with Crippen LogP contribution in [0.5, 0.6) is 0 Å². The Balaban J connectivity index is 1.09. The average molecular weight is 871 g/mol. The van der Waals surface area contributed by atoms with E-state index in [1.165, 1.54) is 44.0 Å². The van der Waals surface area contributed by atoms with Crippen LogP contribution in [0.1, 0.15) is 25.0 Å². The highest BCUT2D eigenvalue weighted by Gasteiger charge is 2.38. The summed E-state index contributed by atoms with van der Waals surface area (Å²) < 4.78 is 15.3. The maximum atomic E-state index is 6.47. The lowest BCUT2D eigenvalue weighted by atomic mass is 9.78. The van der Waals surface area contributed by atoms with E-state index in [9.17, 15) is 0 Å². The molecule has 0 fully saturated rings. The summed E-state index contributed by atoms with van der Waals surface area (Å²) in [7, 11) is 0. The Bertz CT molecular complexity index is 4360. The molecular weight excluding hydrogens is 833 g/mol. The second-order valence-corrected chi connectivity index (χ2v) is 18.7. The molecule has 1 aliphatic carbocycles. The van der Waals surface area contributed by atoms with E-state index in [1.54, 1.807) is 0 Å². The topological polar surface area (TPSA) is 69.9 Å². The van der Waals surface area contributed by atoms with Crippen LogP contribution in [0.3, 0.4) is 0 Å². The Morgan fingerprint density at radius 3 is 1.50 bits per heavy atom. The lowest BCUT2D eigenvalue weighted by Gasteiger charge is -2.25. The van der Waals surface area contributed by atoms with Gasteiger partial charge in [0.25, 0.3) is 0 Å². The highest BCUT2D eigenvalue weighted by atomic mass is 16.3. The van der Waals surface area contributed by atoms with Gasteiger partial charge in [0.15, 0.2) is 11.6 Å². The number of benzene rings is 10. The molecule has 0 bridgehead atoms. The Labute approximate surface area is 389 Å². The molecule has 1 aliphatic rings.